The Balaban J connectivity index is 1.68. The number of nitrogen functional groups attached to an aromatic ring is 1. The van der Waals surface area contributed by atoms with Gasteiger partial charge in [0.2, 0.25) is 5.88 Å². The fourth-order valence-electron chi connectivity index (χ4n) is 1.99. The van der Waals surface area contributed by atoms with Gasteiger partial charge in [-0.15, -0.1) is 0 Å². The number of aromatic nitrogens is 1. The number of carbonyl (C=O) groups is 1. The summed E-state index contributed by atoms with van der Waals surface area (Å²) in [5.41, 5.74) is 8.22. The van der Waals surface area contributed by atoms with Crippen LogP contribution in [0.1, 0.15) is 12.8 Å². The van der Waals surface area contributed by atoms with E-state index in [1.165, 1.54) is 0 Å². The lowest BCUT2D eigenvalue weighted by Gasteiger charge is -2.09. The molecule has 1 fully saturated rings. The number of ether oxygens (including phenoxy) is 1. The molecule has 0 aliphatic heterocycles. The molecular formula is C16H16N2O2. The first-order valence-electron chi connectivity index (χ1n) is 6.62. The highest BCUT2D eigenvalue weighted by Gasteiger charge is 2.43. The van der Waals surface area contributed by atoms with Crippen LogP contribution in [0.2, 0.25) is 0 Å². The van der Waals surface area contributed by atoms with Crippen LogP contribution >= 0.6 is 0 Å². The topological polar surface area (TPSA) is 65.2 Å². The van der Waals surface area contributed by atoms with Gasteiger partial charge in [-0.1, -0.05) is 12.1 Å². The zero-order chi connectivity index (χ0) is 14.0. The van der Waals surface area contributed by atoms with Gasteiger partial charge in [-0.05, 0) is 36.6 Å². The van der Waals surface area contributed by atoms with Crippen molar-refractivity contribution >= 4 is 12.0 Å². The number of pyridine rings is 1. The molecule has 1 saturated carbocycles. The van der Waals surface area contributed by atoms with Crippen LogP contribution in [0.25, 0.3) is 11.1 Å². The Labute approximate surface area is 117 Å². The predicted octanol–water partition coefficient (Wildman–Crippen LogP) is 2.69. The monoisotopic (exact) mass is 268 g/mol. The summed E-state index contributed by atoms with van der Waals surface area (Å²) < 4.78 is 5.57. The second-order valence-electron chi connectivity index (χ2n) is 5.28. The number of benzene rings is 1. The Bertz CT molecular complexity index is 601. The van der Waals surface area contributed by atoms with E-state index in [4.69, 9.17) is 10.5 Å². The third-order valence-corrected chi connectivity index (χ3v) is 3.63. The second kappa shape index (κ2) is 4.96. The first-order valence-corrected chi connectivity index (χ1v) is 6.62. The minimum absolute atomic E-state index is 0.253. The molecule has 0 radical (unpaired) electrons. The highest BCUT2D eigenvalue weighted by molar-refractivity contribution is 5.65. The maximum atomic E-state index is 10.9. The van der Waals surface area contributed by atoms with E-state index < -0.39 is 0 Å². The molecule has 0 atom stereocenters. The number of rotatable bonds is 5. The van der Waals surface area contributed by atoms with Gasteiger partial charge < -0.3 is 15.3 Å². The van der Waals surface area contributed by atoms with E-state index in [2.05, 4.69) is 4.98 Å². The molecule has 1 aromatic carbocycles. The van der Waals surface area contributed by atoms with Crippen LogP contribution in [0.3, 0.4) is 0 Å². The number of anilines is 1. The third-order valence-electron chi connectivity index (χ3n) is 3.63. The van der Waals surface area contributed by atoms with Crippen LogP contribution in [0, 0.1) is 5.41 Å². The largest absolute Gasteiger partial charge is 0.477 e. The van der Waals surface area contributed by atoms with Crippen molar-refractivity contribution in [2.75, 3.05) is 12.3 Å². The lowest BCUT2D eigenvalue weighted by atomic mass is 10.1. The summed E-state index contributed by atoms with van der Waals surface area (Å²) in [7, 11) is 0. The number of nitrogens with two attached hydrogens (primary N) is 1. The summed E-state index contributed by atoms with van der Waals surface area (Å²) in [5.74, 6) is 0.553. The molecule has 0 bridgehead atoms. The Morgan fingerprint density at radius 2 is 1.85 bits per heavy atom. The maximum absolute atomic E-state index is 10.9. The van der Waals surface area contributed by atoms with Gasteiger partial charge in [0.05, 0.1) is 5.41 Å². The molecular weight excluding hydrogens is 252 g/mol. The van der Waals surface area contributed by atoms with Crippen LogP contribution in [0.15, 0.2) is 42.6 Å². The average Bonchev–Trinajstić information content (AvgIpc) is 3.27. The van der Waals surface area contributed by atoms with Gasteiger partial charge >= 0.3 is 0 Å². The van der Waals surface area contributed by atoms with Crippen molar-refractivity contribution in [1.82, 2.24) is 4.98 Å². The zero-order valence-electron chi connectivity index (χ0n) is 11.1. The number of hydrogen-bond acceptors (Lipinski definition) is 4. The third kappa shape index (κ3) is 2.64. The van der Waals surface area contributed by atoms with E-state index in [1.807, 2.05) is 36.4 Å². The average molecular weight is 268 g/mol. The number of hydrogen-bond donors (Lipinski definition) is 1. The maximum Gasteiger partial charge on any atom is 0.213 e. The van der Waals surface area contributed by atoms with Crippen LogP contribution in [0.4, 0.5) is 5.69 Å². The summed E-state index contributed by atoms with van der Waals surface area (Å²) in [6.07, 6.45) is 4.59. The second-order valence-corrected chi connectivity index (χ2v) is 5.28. The highest BCUT2D eigenvalue weighted by atomic mass is 16.5. The molecule has 3 rings (SSSR count). The quantitative estimate of drug-likeness (QED) is 0.669. The lowest BCUT2D eigenvalue weighted by Crippen LogP contribution is -2.14. The number of nitrogens with zero attached hydrogens (tertiary/aromatic N) is 1. The van der Waals surface area contributed by atoms with Crippen LogP contribution < -0.4 is 10.5 Å². The molecule has 4 heteroatoms. The van der Waals surface area contributed by atoms with E-state index in [9.17, 15) is 4.79 Å². The van der Waals surface area contributed by atoms with E-state index in [0.717, 1.165) is 35.9 Å². The van der Waals surface area contributed by atoms with Crippen LogP contribution in [-0.2, 0) is 4.79 Å². The van der Waals surface area contributed by atoms with E-state index in [-0.39, 0.29) is 5.41 Å². The molecule has 0 spiro atoms. The van der Waals surface area contributed by atoms with Crippen molar-refractivity contribution in [1.29, 1.82) is 0 Å². The van der Waals surface area contributed by atoms with Gasteiger partial charge in [-0.3, -0.25) is 0 Å². The fraction of sp³-hybridized carbons (Fsp3) is 0.250. The first kappa shape index (κ1) is 12.7. The Hall–Kier alpha value is -2.36. The van der Waals surface area contributed by atoms with Gasteiger partial charge in [0.15, 0.2) is 0 Å². The molecule has 102 valence electrons. The number of carbonyl (C=O) groups excluding carboxylic acids is 1. The van der Waals surface area contributed by atoms with Crippen molar-refractivity contribution in [3.63, 3.8) is 0 Å². The molecule has 0 amide bonds. The van der Waals surface area contributed by atoms with E-state index in [1.54, 1.807) is 6.20 Å². The molecule has 1 aliphatic rings. The Kier molecular flexibility index (Phi) is 3.14. The van der Waals surface area contributed by atoms with Gasteiger partial charge in [-0.25, -0.2) is 4.98 Å². The Morgan fingerprint density at radius 3 is 2.40 bits per heavy atom. The SMILES string of the molecule is Nc1ccc(-c2ccc(OCC3(C=O)CC3)nc2)cc1. The molecule has 1 heterocycles. The molecule has 0 saturated heterocycles. The predicted molar refractivity (Wildman–Crippen MR) is 77.3 cm³/mol. The van der Waals surface area contributed by atoms with E-state index >= 15 is 0 Å². The Morgan fingerprint density at radius 1 is 1.15 bits per heavy atom. The van der Waals surface area contributed by atoms with Crippen LogP contribution in [-0.4, -0.2) is 17.9 Å². The summed E-state index contributed by atoms with van der Waals surface area (Å²) >= 11 is 0. The molecule has 1 aliphatic carbocycles. The minimum Gasteiger partial charge on any atom is -0.477 e. The highest BCUT2D eigenvalue weighted by Crippen LogP contribution is 2.43. The summed E-state index contributed by atoms with van der Waals surface area (Å²) in [4.78, 5) is 15.1. The molecule has 0 unspecified atom stereocenters. The van der Waals surface area contributed by atoms with Gasteiger partial charge in [0.25, 0.3) is 0 Å². The van der Waals surface area contributed by atoms with Crippen molar-refractivity contribution in [2.24, 2.45) is 5.41 Å². The van der Waals surface area contributed by atoms with Crippen molar-refractivity contribution in [3.05, 3.63) is 42.6 Å². The van der Waals surface area contributed by atoms with Gasteiger partial charge in [0, 0.05) is 23.5 Å². The first-order chi connectivity index (χ1) is 9.71. The van der Waals surface area contributed by atoms with Crippen molar-refractivity contribution in [3.8, 4) is 17.0 Å². The summed E-state index contributed by atoms with van der Waals surface area (Å²) in [6.45, 7) is 0.421. The molecule has 1 aromatic heterocycles. The van der Waals surface area contributed by atoms with Gasteiger partial charge in [0.1, 0.15) is 12.9 Å². The lowest BCUT2D eigenvalue weighted by molar-refractivity contribution is -0.113. The standard InChI is InChI=1S/C16H16N2O2/c17-14-4-1-12(2-5-14)13-3-6-15(18-9-13)20-11-16(10-19)7-8-16/h1-6,9-10H,7-8,11,17H2. The molecule has 2 N–H and O–H groups in total. The van der Waals surface area contributed by atoms with Crippen LogP contribution in [0.5, 0.6) is 5.88 Å². The van der Waals surface area contributed by atoms with Gasteiger partial charge in [-0.2, -0.15) is 0 Å². The fourth-order valence-corrected chi connectivity index (χ4v) is 1.99. The smallest absolute Gasteiger partial charge is 0.213 e. The zero-order valence-corrected chi connectivity index (χ0v) is 11.1. The van der Waals surface area contributed by atoms with E-state index in [0.29, 0.717) is 12.5 Å². The van der Waals surface area contributed by atoms with Crippen molar-refractivity contribution in [2.45, 2.75) is 12.8 Å². The summed E-state index contributed by atoms with van der Waals surface area (Å²) in [5, 5.41) is 0. The number of aldehydes is 1. The molecule has 20 heavy (non-hydrogen) atoms. The normalized spacial score (nSPS) is 15.6. The molecule has 4 nitrogen and oxygen atoms in total. The van der Waals surface area contributed by atoms with Crippen molar-refractivity contribution < 1.29 is 9.53 Å². The summed E-state index contributed by atoms with van der Waals surface area (Å²) in [6, 6.07) is 11.4. The molecule has 2 aromatic rings. The minimum atomic E-state index is -0.253.